The van der Waals surface area contributed by atoms with Crippen LogP contribution >= 0.6 is 24.8 Å². The molecule has 0 spiro atoms. The highest BCUT2D eigenvalue weighted by Gasteiger charge is 2.28. The quantitative estimate of drug-likeness (QED) is 0.214. The van der Waals surface area contributed by atoms with Crippen molar-refractivity contribution < 1.29 is 35.4 Å². The lowest BCUT2D eigenvalue weighted by Crippen LogP contribution is -2.44. The zero-order chi connectivity index (χ0) is 13.3. The number of thiol groups is 1. The number of ketones is 1. The molecule has 0 rings (SSSR count). The largest absolute Gasteiger partial charge is 0.494 e. The molecule has 0 unspecified atom stereocenters. The lowest BCUT2D eigenvalue weighted by atomic mass is 10.1. The Morgan fingerprint density at radius 1 is 1.25 bits per heavy atom. The Morgan fingerprint density at radius 3 is 1.88 bits per heavy atom. The summed E-state index contributed by atoms with van der Waals surface area (Å²) >= 11 is 7.21. The summed E-state index contributed by atoms with van der Waals surface area (Å²) < 4.78 is -0.306. The van der Waals surface area contributed by atoms with Crippen LogP contribution in [0.25, 0.3) is 0 Å². The van der Waals surface area contributed by atoms with E-state index in [2.05, 4.69) is 24.8 Å². The van der Waals surface area contributed by atoms with E-state index < -0.39 is 37.3 Å². The lowest BCUT2D eigenvalue weighted by Gasteiger charge is -2.19. The predicted molar refractivity (Wildman–Crippen MR) is 61.4 cm³/mol. The monoisotopic (exact) mass is 274 g/mol. The van der Waals surface area contributed by atoms with Gasteiger partial charge in [0.15, 0.2) is 5.78 Å². The molecule has 16 heavy (non-hydrogen) atoms. The third-order valence-electron chi connectivity index (χ3n) is 1.39. The summed E-state index contributed by atoms with van der Waals surface area (Å²) in [5, 5.41) is 50.7. The molecule has 0 heterocycles. The van der Waals surface area contributed by atoms with E-state index in [0.29, 0.717) is 0 Å². The molecule has 9 heteroatoms. The Morgan fingerprint density at radius 2 is 1.62 bits per heavy atom. The summed E-state index contributed by atoms with van der Waals surface area (Å²) in [5.41, 5.74) is 0. The van der Waals surface area contributed by atoms with Crippen molar-refractivity contribution in [2.24, 2.45) is 0 Å². The maximum absolute atomic E-state index is 10.5. The summed E-state index contributed by atoms with van der Waals surface area (Å²) in [5.74, 6) is -1.00. The van der Waals surface area contributed by atoms with Gasteiger partial charge in [-0.25, -0.2) is 0 Å². The number of aliphatic hydroxyl groups is 6. The highest BCUT2D eigenvalue weighted by atomic mass is 32.1. The van der Waals surface area contributed by atoms with Gasteiger partial charge in [0.25, 0.3) is 0 Å². The number of thiocarbonyl (C=S) groups is 1. The minimum absolute atomic E-state index is 0.306. The van der Waals surface area contributed by atoms with E-state index >= 15 is 0 Å². The molecular weight excluding hydrogens is 260 g/mol. The van der Waals surface area contributed by atoms with Gasteiger partial charge in [0.05, 0.1) is 6.61 Å². The zero-order valence-electron chi connectivity index (χ0n) is 8.09. The maximum Gasteiger partial charge on any atom is 0.214 e. The van der Waals surface area contributed by atoms with Crippen LogP contribution in [-0.4, -0.2) is 72.3 Å². The van der Waals surface area contributed by atoms with E-state index in [1.165, 1.54) is 0 Å². The van der Waals surface area contributed by atoms with Gasteiger partial charge in [0, 0.05) is 0 Å². The second-order valence-corrected chi connectivity index (χ2v) is 3.71. The molecule has 0 aliphatic rings. The first-order chi connectivity index (χ1) is 7.27. The van der Waals surface area contributed by atoms with Crippen LogP contribution in [0.4, 0.5) is 0 Å². The number of carbonyl (C=O) groups excluding carboxylic acids is 1. The third kappa shape index (κ3) is 8.97. The van der Waals surface area contributed by atoms with Crippen LogP contribution in [0.1, 0.15) is 0 Å². The van der Waals surface area contributed by atoms with Gasteiger partial charge in [-0.05, 0) is 12.2 Å². The molecular formula is C7H14O7S2. The van der Waals surface area contributed by atoms with E-state index in [9.17, 15) is 4.79 Å². The van der Waals surface area contributed by atoms with Crippen LogP contribution in [0.15, 0.2) is 0 Å². The first kappa shape index (κ1) is 18.1. The zero-order valence-corrected chi connectivity index (χ0v) is 9.80. The highest BCUT2D eigenvalue weighted by Crippen LogP contribution is 2.00. The standard InChI is InChI=1S/C6H12O6.CH2OS2/c7-1-3(9)5(11)6(12)4(10)2-8;2-1(3)4/h3,5-9,11-12H,1-2H2;(H2,2,3,4)/t3-,5-,6-;/m1./s1. The Balaban J connectivity index is 0. The second kappa shape index (κ2) is 9.90. The predicted octanol–water partition coefficient (Wildman–Crippen LogP) is -2.62. The van der Waals surface area contributed by atoms with Crippen molar-refractivity contribution in [3.8, 4) is 0 Å². The number of Topliss-reactive ketones (excluding diaryl/α,β-unsaturated/α-hetero) is 1. The van der Waals surface area contributed by atoms with Crippen LogP contribution in [0.2, 0.25) is 0 Å². The first-order valence-electron chi connectivity index (χ1n) is 3.98. The van der Waals surface area contributed by atoms with Gasteiger partial charge >= 0.3 is 0 Å². The van der Waals surface area contributed by atoms with Gasteiger partial charge in [-0.1, -0.05) is 12.6 Å². The fourth-order valence-corrected chi connectivity index (χ4v) is 0.602. The summed E-state index contributed by atoms with van der Waals surface area (Å²) in [4.78, 5) is 10.5. The Labute approximate surface area is 102 Å². The van der Waals surface area contributed by atoms with Gasteiger partial charge in [0.2, 0.25) is 4.38 Å². The molecule has 0 bridgehead atoms. The molecule has 7 nitrogen and oxygen atoms in total. The van der Waals surface area contributed by atoms with Gasteiger partial charge < -0.3 is 30.6 Å². The lowest BCUT2D eigenvalue weighted by molar-refractivity contribution is -0.142. The van der Waals surface area contributed by atoms with Crippen molar-refractivity contribution in [3.05, 3.63) is 0 Å². The average molecular weight is 274 g/mol. The van der Waals surface area contributed by atoms with E-state index in [-0.39, 0.29) is 4.38 Å². The molecule has 0 aromatic heterocycles. The molecule has 0 aliphatic carbocycles. The van der Waals surface area contributed by atoms with Crippen molar-refractivity contribution in [3.63, 3.8) is 0 Å². The number of rotatable bonds is 5. The molecule has 0 aromatic carbocycles. The van der Waals surface area contributed by atoms with Crippen molar-refractivity contribution in [1.29, 1.82) is 0 Å². The Kier molecular flexibility index (Phi) is 11.2. The maximum atomic E-state index is 10.5. The average Bonchev–Trinajstić information content (AvgIpc) is 2.24. The summed E-state index contributed by atoms with van der Waals surface area (Å²) in [6.45, 7) is -1.69. The second-order valence-electron chi connectivity index (χ2n) is 2.59. The van der Waals surface area contributed by atoms with Gasteiger partial charge in [-0.2, -0.15) is 0 Å². The van der Waals surface area contributed by atoms with Crippen molar-refractivity contribution in [2.45, 2.75) is 18.3 Å². The minimum atomic E-state index is -1.86. The number of carbonyl (C=O) groups is 1. The molecule has 6 N–H and O–H groups in total. The molecule has 3 atom stereocenters. The van der Waals surface area contributed by atoms with E-state index in [0.717, 1.165) is 0 Å². The first-order valence-corrected chi connectivity index (χ1v) is 4.84. The number of aliphatic hydroxyl groups excluding tert-OH is 6. The molecule has 0 aliphatic heterocycles. The van der Waals surface area contributed by atoms with Crippen LogP contribution in [0.5, 0.6) is 0 Å². The van der Waals surface area contributed by atoms with Gasteiger partial charge in [-0.3, -0.25) is 4.79 Å². The molecule has 0 saturated heterocycles. The summed E-state index contributed by atoms with van der Waals surface area (Å²) in [6.07, 6.45) is -5.22. The van der Waals surface area contributed by atoms with Crippen molar-refractivity contribution in [2.75, 3.05) is 13.2 Å². The smallest absolute Gasteiger partial charge is 0.214 e. The fraction of sp³-hybridized carbons (Fsp3) is 0.714. The Bertz CT molecular complexity index is 219. The molecule has 0 radical (unpaired) electrons. The minimum Gasteiger partial charge on any atom is -0.494 e. The van der Waals surface area contributed by atoms with Crippen molar-refractivity contribution in [1.82, 2.24) is 0 Å². The molecule has 0 saturated carbocycles. The van der Waals surface area contributed by atoms with Crippen LogP contribution in [0.3, 0.4) is 0 Å². The Hall–Kier alpha value is -0.290. The fourth-order valence-electron chi connectivity index (χ4n) is 0.602. The van der Waals surface area contributed by atoms with Crippen LogP contribution < -0.4 is 0 Å². The van der Waals surface area contributed by atoms with Gasteiger partial charge in [0.1, 0.15) is 24.9 Å². The normalized spacial score (nSPS) is 15.4. The van der Waals surface area contributed by atoms with Crippen LogP contribution in [0, 0.1) is 0 Å². The van der Waals surface area contributed by atoms with E-state index in [4.69, 9.17) is 30.6 Å². The summed E-state index contributed by atoms with van der Waals surface area (Å²) in [7, 11) is 0. The van der Waals surface area contributed by atoms with Crippen molar-refractivity contribution >= 4 is 35.0 Å². The number of hydrogen-bond donors (Lipinski definition) is 7. The molecule has 0 fully saturated rings. The topological polar surface area (TPSA) is 138 Å². The van der Waals surface area contributed by atoms with E-state index in [1.54, 1.807) is 0 Å². The molecule has 0 aromatic rings. The van der Waals surface area contributed by atoms with Gasteiger partial charge in [-0.15, -0.1) is 0 Å². The molecule has 96 valence electrons. The SMILES string of the molecule is O=C(CO)[C@@H](O)[C@H](O)[C@H](O)CO.OC(=S)S. The van der Waals surface area contributed by atoms with E-state index in [1.807, 2.05) is 0 Å². The molecule has 0 amide bonds. The third-order valence-corrected chi connectivity index (χ3v) is 1.39. The van der Waals surface area contributed by atoms with Crippen LogP contribution in [-0.2, 0) is 4.79 Å². The number of hydrogen-bond acceptors (Lipinski definition) is 7. The highest BCUT2D eigenvalue weighted by molar-refractivity contribution is 8.10. The summed E-state index contributed by atoms with van der Waals surface area (Å²) in [6, 6.07) is 0.